The zero-order chi connectivity index (χ0) is 18.0. The van der Waals surface area contributed by atoms with Crippen LogP contribution in [0.3, 0.4) is 0 Å². The lowest BCUT2D eigenvalue weighted by atomic mass is 10.1. The summed E-state index contributed by atoms with van der Waals surface area (Å²) < 4.78 is 41.3. The zero-order valence-electron chi connectivity index (χ0n) is 13.2. The maximum atomic E-state index is 13.2. The first-order chi connectivity index (χ1) is 11.8. The van der Waals surface area contributed by atoms with Crippen molar-refractivity contribution < 1.29 is 12.8 Å². The number of hydrogen-bond donors (Lipinski definition) is 1. The van der Waals surface area contributed by atoms with Crippen LogP contribution in [0.25, 0.3) is 11.3 Å². The minimum atomic E-state index is -3.88. The van der Waals surface area contributed by atoms with Gasteiger partial charge in [0.2, 0.25) is 0 Å². The first-order valence-corrected chi connectivity index (χ1v) is 8.77. The Labute approximate surface area is 143 Å². The number of anilines is 1. The van der Waals surface area contributed by atoms with E-state index in [1.165, 1.54) is 28.9 Å². The summed E-state index contributed by atoms with van der Waals surface area (Å²) >= 11 is 0. The van der Waals surface area contributed by atoms with Gasteiger partial charge < -0.3 is 0 Å². The Balaban J connectivity index is 1.85. The predicted molar refractivity (Wildman–Crippen MR) is 92.1 cm³/mol. The summed E-state index contributed by atoms with van der Waals surface area (Å²) in [5.41, 5.74) is 1.42. The molecule has 6 nitrogen and oxygen atoms in total. The molecule has 25 heavy (non-hydrogen) atoms. The highest BCUT2D eigenvalue weighted by atomic mass is 32.2. The quantitative estimate of drug-likeness (QED) is 0.776. The fraction of sp³-hybridized carbons (Fsp3) is 0.0588. The average molecular weight is 359 g/mol. The maximum Gasteiger partial charge on any atom is 0.266 e. The van der Waals surface area contributed by atoms with E-state index >= 15 is 0 Å². The number of rotatable bonds is 4. The second-order valence-corrected chi connectivity index (χ2v) is 7.00. The monoisotopic (exact) mass is 359 g/mol. The van der Waals surface area contributed by atoms with E-state index in [-0.39, 0.29) is 10.5 Å². The van der Waals surface area contributed by atoms with Crippen LogP contribution < -0.4 is 10.3 Å². The van der Waals surface area contributed by atoms with E-state index in [9.17, 15) is 17.6 Å². The van der Waals surface area contributed by atoms with Crippen molar-refractivity contribution in [3.63, 3.8) is 0 Å². The minimum Gasteiger partial charge on any atom is -0.280 e. The van der Waals surface area contributed by atoms with Crippen LogP contribution in [0.5, 0.6) is 0 Å². The molecule has 0 radical (unpaired) electrons. The fourth-order valence-corrected chi connectivity index (χ4v) is 3.30. The Kier molecular flexibility index (Phi) is 4.37. The molecule has 1 aromatic heterocycles. The third-order valence-electron chi connectivity index (χ3n) is 3.50. The molecule has 0 fully saturated rings. The van der Waals surface area contributed by atoms with E-state index in [1.54, 1.807) is 37.4 Å². The molecule has 0 aliphatic carbocycles. The van der Waals surface area contributed by atoms with E-state index < -0.39 is 15.8 Å². The normalized spacial score (nSPS) is 11.3. The van der Waals surface area contributed by atoms with E-state index in [4.69, 9.17) is 0 Å². The Hall–Kier alpha value is -3.00. The van der Waals surface area contributed by atoms with Gasteiger partial charge in [-0.05, 0) is 36.4 Å². The Morgan fingerprint density at radius 2 is 1.76 bits per heavy atom. The molecule has 0 amide bonds. The Morgan fingerprint density at radius 3 is 2.40 bits per heavy atom. The van der Waals surface area contributed by atoms with Gasteiger partial charge in [-0.25, -0.2) is 17.5 Å². The molecule has 0 saturated carbocycles. The summed E-state index contributed by atoms with van der Waals surface area (Å²) in [5.74, 6) is -0.626. The van der Waals surface area contributed by atoms with Crippen LogP contribution in [-0.2, 0) is 17.1 Å². The van der Waals surface area contributed by atoms with Crippen molar-refractivity contribution in [2.45, 2.75) is 4.90 Å². The fourth-order valence-electron chi connectivity index (χ4n) is 2.21. The van der Waals surface area contributed by atoms with Gasteiger partial charge >= 0.3 is 0 Å². The van der Waals surface area contributed by atoms with Gasteiger partial charge in [-0.1, -0.05) is 18.2 Å². The number of aromatic nitrogens is 2. The van der Waals surface area contributed by atoms with Gasteiger partial charge in [0.25, 0.3) is 15.6 Å². The van der Waals surface area contributed by atoms with Gasteiger partial charge in [-0.2, -0.15) is 5.10 Å². The number of hydrogen-bond acceptors (Lipinski definition) is 4. The lowest BCUT2D eigenvalue weighted by Crippen LogP contribution is -2.18. The first kappa shape index (κ1) is 16.8. The number of aryl methyl sites for hydroxylation is 1. The van der Waals surface area contributed by atoms with Crippen LogP contribution in [-0.4, -0.2) is 18.2 Å². The summed E-state index contributed by atoms with van der Waals surface area (Å²) in [6, 6.07) is 14.3. The highest BCUT2D eigenvalue weighted by Crippen LogP contribution is 2.21. The smallest absolute Gasteiger partial charge is 0.266 e. The molecule has 0 aliphatic rings. The highest BCUT2D eigenvalue weighted by Gasteiger charge is 2.14. The first-order valence-electron chi connectivity index (χ1n) is 7.28. The van der Waals surface area contributed by atoms with Gasteiger partial charge in [0.1, 0.15) is 5.82 Å². The summed E-state index contributed by atoms with van der Waals surface area (Å²) in [6.07, 6.45) is 0. The molecule has 0 bridgehead atoms. The Bertz CT molecular complexity index is 1080. The van der Waals surface area contributed by atoms with Crippen LogP contribution in [0.1, 0.15) is 0 Å². The molecule has 2 aromatic carbocycles. The topological polar surface area (TPSA) is 81.1 Å². The van der Waals surface area contributed by atoms with Crippen molar-refractivity contribution in [2.75, 3.05) is 4.72 Å². The van der Waals surface area contributed by atoms with Crippen LogP contribution in [0.2, 0.25) is 0 Å². The molecule has 3 rings (SSSR count). The second-order valence-electron chi connectivity index (χ2n) is 5.32. The van der Waals surface area contributed by atoms with Crippen molar-refractivity contribution in [3.8, 4) is 11.3 Å². The molecule has 0 saturated heterocycles. The highest BCUT2D eigenvalue weighted by molar-refractivity contribution is 7.92. The van der Waals surface area contributed by atoms with Crippen molar-refractivity contribution in [1.82, 2.24) is 9.78 Å². The number of halogens is 1. The summed E-state index contributed by atoms with van der Waals surface area (Å²) in [7, 11) is -2.33. The van der Waals surface area contributed by atoms with Gasteiger partial charge in [0.15, 0.2) is 0 Å². The summed E-state index contributed by atoms with van der Waals surface area (Å²) in [5, 5.41) is 4.13. The van der Waals surface area contributed by atoms with E-state index in [0.717, 1.165) is 11.6 Å². The van der Waals surface area contributed by atoms with Crippen molar-refractivity contribution >= 4 is 15.7 Å². The molecule has 1 heterocycles. The van der Waals surface area contributed by atoms with Crippen LogP contribution in [0.4, 0.5) is 10.1 Å². The van der Waals surface area contributed by atoms with Crippen molar-refractivity contribution in [2.24, 2.45) is 7.05 Å². The lowest BCUT2D eigenvalue weighted by molar-refractivity contribution is 0.595. The predicted octanol–water partition coefficient (Wildman–Crippen LogP) is 2.39. The third kappa shape index (κ3) is 3.74. The molecule has 0 spiro atoms. The van der Waals surface area contributed by atoms with Gasteiger partial charge in [-0.15, -0.1) is 0 Å². The van der Waals surface area contributed by atoms with E-state index in [1.807, 2.05) is 0 Å². The molecule has 3 aromatic rings. The molecule has 8 heteroatoms. The summed E-state index contributed by atoms with van der Waals surface area (Å²) in [6.45, 7) is 0. The molecule has 1 N–H and O–H groups in total. The number of nitrogens with zero attached hydrogens (tertiary/aromatic N) is 2. The SMILES string of the molecule is Cn1nc(-c2ccc(NS(=O)(=O)c3cccc(F)c3)cc2)ccc1=O. The zero-order valence-corrected chi connectivity index (χ0v) is 14.0. The molecule has 128 valence electrons. The summed E-state index contributed by atoms with van der Waals surface area (Å²) in [4.78, 5) is 11.2. The largest absolute Gasteiger partial charge is 0.280 e. The lowest BCUT2D eigenvalue weighted by Gasteiger charge is -2.09. The van der Waals surface area contributed by atoms with Crippen molar-refractivity contribution in [1.29, 1.82) is 0 Å². The van der Waals surface area contributed by atoms with E-state index in [0.29, 0.717) is 11.4 Å². The molecular formula is C17H14FN3O3S. The van der Waals surface area contributed by atoms with Gasteiger partial charge in [0.05, 0.1) is 10.6 Å². The minimum absolute atomic E-state index is 0.156. The molecule has 0 aliphatic heterocycles. The van der Waals surface area contributed by atoms with E-state index in [2.05, 4.69) is 9.82 Å². The van der Waals surface area contributed by atoms with Gasteiger partial charge in [0, 0.05) is 24.4 Å². The van der Waals surface area contributed by atoms with Crippen molar-refractivity contribution in [3.05, 3.63) is 76.8 Å². The molecular weight excluding hydrogens is 345 g/mol. The maximum absolute atomic E-state index is 13.2. The molecule has 0 unspecified atom stereocenters. The standard InChI is InChI=1S/C17H14FN3O3S/c1-21-17(22)10-9-16(19-21)12-5-7-14(8-6-12)20-25(23,24)15-4-2-3-13(18)11-15/h2-11,20H,1H3. The molecule has 0 atom stereocenters. The number of benzene rings is 2. The number of sulfonamides is 1. The number of nitrogens with one attached hydrogen (secondary N) is 1. The average Bonchev–Trinajstić information content (AvgIpc) is 2.58. The van der Waals surface area contributed by atoms with Crippen LogP contribution in [0.15, 0.2) is 70.4 Å². The van der Waals surface area contributed by atoms with Crippen LogP contribution in [0, 0.1) is 5.82 Å². The second kappa shape index (κ2) is 6.48. The Morgan fingerprint density at radius 1 is 1.04 bits per heavy atom. The van der Waals surface area contributed by atoms with Crippen LogP contribution >= 0.6 is 0 Å². The third-order valence-corrected chi connectivity index (χ3v) is 4.88. The van der Waals surface area contributed by atoms with Gasteiger partial charge in [-0.3, -0.25) is 9.52 Å².